The van der Waals surface area contributed by atoms with Crippen LogP contribution in [0.25, 0.3) is 0 Å². The first-order chi connectivity index (χ1) is 8.82. The lowest BCUT2D eigenvalue weighted by molar-refractivity contribution is 0.00578. The van der Waals surface area contributed by atoms with Crippen LogP contribution in [0.4, 0.5) is 0 Å². The second-order valence-electron chi connectivity index (χ2n) is 7.00. The van der Waals surface area contributed by atoms with Gasteiger partial charge in [-0.1, -0.05) is 31.2 Å². The van der Waals surface area contributed by atoms with Crippen molar-refractivity contribution >= 4 is 7.12 Å². The molecule has 0 bridgehead atoms. The van der Waals surface area contributed by atoms with Gasteiger partial charge in [0.1, 0.15) is 0 Å². The van der Waals surface area contributed by atoms with Gasteiger partial charge in [0.25, 0.3) is 0 Å². The molecule has 19 heavy (non-hydrogen) atoms. The van der Waals surface area contributed by atoms with Gasteiger partial charge in [-0.05, 0) is 51.2 Å². The first-order valence-electron chi connectivity index (χ1n) is 7.26. The number of hydrogen-bond donors (Lipinski definition) is 0. The summed E-state index contributed by atoms with van der Waals surface area (Å²) in [5.74, 6) is 0.965. The molecule has 0 unspecified atom stereocenters. The van der Waals surface area contributed by atoms with Crippen LogP contribution in [0.3, 0.4) is 0 Å². The summed E-state index contributed by atoms with van der Waals surface area (Å²) >= 11 is 0. The van der Waals surface area contributed by atoms with Crippen LogP contribution >= 0.6 is 0 Å². The highest BCUT2D eigenvalue weighted by atomic mass is 16.7. The van der Waals surface area contributed by atoms with Crippen molar-refractivity contribution in [1.29, 1.82) is 0 Å². The van der Waals surface area contributed by atoms with Crippen molar-refractivity contribution < 1.29 is 9.31 Å². The van der Waals surface area contributed by atoms with Gasteiger partial charge in [0.05, 0.1) is 11.2 Å². The Morgan fingerprint density at radius 1 is 1.00 bits per heavy atom. The van der Waals surface area contributed by atoms with Crippen molar-refractivity contribution in [2.45, 2.75) is 64.0 Å². The molecule has 3 rings (SSSR count). The number of fused-ring (bicyclic) bond motifs is 1. The van der Waals surface area contributed by atoms with E-state index < -0.39 is 0 Å². The van der Waals surface area contributed by atoms with Crippen molar-refractivity contribution in [3.05, 3.63) is 35.4 Å². The Bertz CT molecular complexity index is 479. The van der Waals surface area contributed by atoms with Crippen molar-refractivity contribution in [1.82, 2.24) is 0 Å². The van der Waals surface area contributed by atoms with Gasteiger partial charge in [-0.3, -0.25) is 0 Å². The molecule has 0 radical (unpaired) electrons. The lowest BCUT2D eigenvalue weighted by Gasteiger charge is -2.32. The van der Waals surface area contributed by atoms with Gasteiger partial charge >= 0.3 is 7.12 Å². The summed E-state index contributed by atoms with van der Waals surface area (Å²) < 4.78 is 12.5. The molecule has 1 aliphatic carbocycles. The fourth-order valence-corrected chi connectivity index (χ4v) is 3.24. The van der Waals surface area contributed by atoms with Gasteiger partial charge in [0.2, 0.25) is 0 Å². The molecule has 3 heteroatoms. The average Bonchev–Trinajstić information content (AvgIpc) is 2.76. The van der Waals surface area contributed by atoms with Crippen LogP contribution in [0.1, 0.15) is 63.9 Å². The Morgan fingerprint density at radius 3 is 2.11 bits per heavy atom. The third kappa shape index (κ3) is 1.95. The average molecular weight is 258 g/mol. The third-order valence-corrected chi connectivity index (χ3v) is 5.13. The Kier molecular flexibility index (Phi) is 2.85. The van der Waals surface area contributed by atoms with Gasteiger partial charge in [0.15, 0.2) is 0 Å². The van der Waals surface area contributed by atoms with E-state index in [0.717, 1.165) is 6.42 Å². The number of rotatable bonds is 1. The first-order valence-corrected chi connectivity index (χ1v) is 7.26. The summed E-state index contributed by atoms with van der Waals surface area (Å²) in [6.45, 7) is 10.8. The number of benzene rings is 1. The fourth-order valence-electron chi connectivity index (χ4n) is 3.24. The summed E-state index contributed by atoms with van der Waals surface area (Å²) in [5.41, 5.74) is 2.40. The second-order valence-corrected chi connectivity index (χ2v) is 7.00. The summed E-state index contributed by atoms with van der Waals surface area (Å²) in [7, 11) is -0.115. The fraction of sp³-hybridized carbons (Fsp3) is 0.625. The van der Waals surface area contributed by atoms with Crippen molar-refractivity contribution in [3.8, 4) is 0 Å². The van der Waals surface area contributed by atoms with Crippen molar-refractivity contribution in [3.63, 3.8) is 0 Å². The molecule has 1 fully saturated rings. The molecule has 1 aromatic carbocycles. The molecule has 2 atom stereocenters. The molecule has 0 amide bonds. The maximum atomic E-state index is 6.23. The number of hydrogen-bond acceptors (Lipinski definition) is 2. The predicted octanol–water partition coefficient (Wildman–Crippen LogP) is 3.91. The molecular weight excluding hydrogens is 235 g/mol. The van der Waals surface area contributed by atoms with E-state index in [0.29, 0.717) is 11.7 Å². The lowest BCUT2D eigenvalue weighted by Crippen LogP contribution is -2.41. The molecular formula is C16H23BO2. The minimum atomic E-state index is -0.238. The van der Waals surface area contributed by atoms with Gasteiger partial charge in [-0.25, -0.2) is 0 Å². The summed E-state index contributed by atoms with van der Waals surface area (Å²) in [4.78, 5) is 0. The molecule has 1 saturated heterocycles. The summed E-state index contributed by atoms with van der Waals surface area (Å²) in [6, 6.07) is 8.72. The maximum absolute atomic E-state index is 6.23. The molecule has 0 spiro atoms. The topological polar surface area (TPSA) is 18.5 Å². The molecule has 0 saturated carbocycles. The Labute approximate surface area is 116 Å². The second kappa shape index (κ2) is 4.10. The van der Waals surface area contributed by atoms with Crippen LogP contribution < -0.4 is 0 Å². The zero-order valence-corrected chi connectivity index (χ0v) is 12.6. The highest BCUT2D eigenvalue weighted by molar-refractivity contribution is 6.47. The Morgan fingerprint density at radius 2 is 1.53 bits per heavy atom. The van der Waals surface area contributed by atoms with E-state index in [-0.39, 0.29) is 18.3 Å². The molecule has 0 N–H and O–H groups in total. The monoisotopic (exact) mass is 258 g/mol. The van der Waals surface area contributed by atoms with Gasteiger partial charge in [0, 0.05) is 5.82 Å². The molecule has 1 heterocycles. The normalized spacial score (nSPS) is 31.5. The van der Waals surface area contributed by atoms with E-state index >= 15 is 0 Å². The van der Waals surface area contributed by atoms with Crippen LogP contribution in [-0.2, 0) is 9.31 Å². The molecule has 102 valence electrons. The SMILES string of the molecule is C[C@H]1C[C@H](B2OC(C)(C)C(C)(C)O2)c2ccccc21. The molecule has 1 aromatic rings. The standard InChI is InChI=1S/C16H23BO2/c1-11-10-14(13-9-7-6-8-12(11)13)17-18-15(2,3)16(4,5)19-17/h6-9,11,14H,10H2,1-5H3/t11-,14-/m0/s1. The summed E-state index contributed by atoms with van der Waals surface area (Å²) in [6.07, 6.45) is 1.12. The molecule has 2 aliphatic rings. The maximum Gasteiger partial charge on any atom is 0.465 e. The van der Waals surface area contributed by atoms with E-state index in [4.69, 9.17) is 9.31 Å². The Hall–Kier alpha value is -0.795. The smallest absolute Gasteiger partial charge is 0.403 e. The zero-order valence-electron chi connectivity index (χ0n) is 12.6. The third-order valence-electron chi connectivity index (χ3n) is 5.13. The van der Waals surface area contributed by atoms with Crippen LogP contribution in [0.5, 0.6) is 0 Å². The molecule has 2 nitrogen and oxygen atoms in total. The minimum absolute atomic E-state index is 0.115. The van der Waals surface area contributed by atoms with E-state index in [2.05, 4.69) is 58.9 Å². The predicted molar refractivity (Wildman–Crippen MR) is 78.3 cm³/mol. The van der Waals surface area contributed by atoms with E-state index in [1.54, 1.807) is 0 Å². The lowest BCUT2D eigenvalue weighted by atomic mass is 9.68. The first kappa shape index (κ1) is 13.2. The largest absolute Gasteiger partial charge is 0.465 e. The van der Waals surface area contributed by atoms with Crippen molar-refractivity contribution in [2.75, 3.05) is 0 Å². The molecule has 1 aliphatic heterocycles. The summed E-state index contributed by atoms with van der Waals surface area (Å²) in [5, 5.41) is 0. The van der Waals surface area contributed by atoms with Gasteiger partial charge < -0.3 is 9.31 Å². The van der Waals surface area contributed by atoms with Gasteiger partial charge in [-0.2, -0.15) is 0 Å². The highest BCUT2D eigenvalue weighted by Gasteiger charge is 2.55. The van der Waals surface area contributed by atoms with Crippen LogP contribution in [-0.4, -0.2) is 18.3 Å². The van der Waals surface area contributed by atoms with Crippen molar-refractivity contribution in [2.24, 2.45) is 0 Å². The van der Waals surface area contributed by atoms with E-state index in [1.807, 2.05) is 0 Å². The van der Waals surface area contributed by atoms with E-state index in [9.17, 15) is 0 Å². The van der Waals surface area contributed by atoms with Crippen LogP contribution in [0.2, 0.25) is 0 Å². The molecule has 0 aromatic heterocycles. The van der Waals surface area contributed by atoms with Gasteiger partial charge in [-0.15, -0.1) is 0 Å². The zero-order chi connectivity index (χ0) is 13.8. The van der Waals surface area contributed by atoms with E-state index in [1.165, 1.54) is 11.1 Å². The minimum Gasteiger partial charge on any atom is -0.403 e. The van der Waals surface area contributed by atoms with Crippen LogP contribution in [0.15, 0.2) is 24.3 Å². The Balaban J connectivity index is 1.91. The van der Waals surface area contributed by atoms with Crippen LogP contribution in [0, 0.1) is 0 Å². The highest BCUT2D eigenvalue weighted by Crippen LogP contribution is 2.48. The quantitative estimate of drug-likeness (QED) is 0.711.